The highest BCUT2D eigenvalue weighted by Crippen LogP contribution is 2.41. The molecule has 1 aliphatic heterocycles. The van der Waals surface area contributed by atoms with Gasteiger partial charge in [0.25, 0.3) is 0 Å². The molecule has 0 aliphatic carbocycles. The average Bonchev–Trinajstić information content (AvgIpc) is 3.43. The summed E-state index contributed by atoms with van der Waals surface area (Å²) in [4.78, 5) is 14.5. The van der Waals surface area contributed by atoms with Crippen LogP contribution in [0.3, 0.4) is 0 Å². The molecule has 1 aromatic heterocycles. The third-order valence-electron chi connectivity index (χ3n) is 5.11. The van der Waals surface area contributed by atoms with Gasteiger partial charge in [-0.05, 0) is 25.0 Å². The molecule has 0 bridgehead atoms. The maximum Gasteiger partial charge on any atom is 0.225 e. The number of rotatable bonds is 9. The maximum atomic E-state index is 12.7. The highest BCUT2D eigenvalue weighted by atomic mass is 16.5. The lowest BCUT2D eigenvalue weighted by atomic mass is 10.1. The van der Waals surface area contributed by atoms with E-state index in [0.29, 0.717) is 41.8 Å². The summed E-state index contributed by atoms with van der Waals surface area (Å²) >= 11 is 0. The molecule has 0 spiro atoms. The van der Waals surface area contributed by atoms with Crippen molar-refractivity contribution in [3.8, 4) is 28.6 Å². The van der Waals surface area contributed by atoms with Gasteiger partial charge in [-0.1, -0.05) is 19.0 Å². The molecule has 1 fully saturated rings. The Balaban J connectivity index is 1.82. The van der Waals surface area contributed by atoms with Crippen LogP contribution in [0, 0.1) is 5.92 Å². The Labute approximate surface area is 177 Å². The van der Waals surface area contributed by atoms with Crippen LogP contribution >= 0.6 is 0 Å². The van der Waals surface area contributed by atoms with Gasteiger partial charge in [-0.2, -0.15) is 0 Å². The van der Waals surface area contributed by atoms with Crippen molar-refractivity contribution in [1.29, 1.82) is 0 Å². The molecule has 0 radical (unpaired) electrons. The molecular weight excluding hydrogens is 388 g/mol. The third-order valence-corrected chi connectivity index (χ3v) is 5.11. The molecule has 1 atom stereocenters. The lowest BCUT2D eigenvalue weighted by Gasteiger charge is -2.26. The van der Waals surface area contributed by atoms with Crippen LogP contribution in [0.2, 0.25) is 0 Å². The minimum atomic E-state index is -0.104. The van der Waals surface area contributed by atoms with Crippen molar-refractivity contribution in [2.24, 2.45) is 5.92 Å². The van der Waals surface area contributed by atoms with Gasteiger partial charge in [0.2, 0.25) is 11.7 Å². The quantitative estimate of drug-likeness (QED) is 0.616. The monoisotopic (exact) mass is 418 g/mol. The average molecular weight is 418 g/mol. The summed E-state index contributed by atoms with van der Waals surface area (Å²) in [5.41, 5.74) is 1.41. The van der Waals surface area contributed by atoms with Crippen LogP contribution < -0.4 is 14.2 Å². The number of hydrogen-bond acceptors (Lipinski definition) is 7. The predicted molar refractivity (Wildman–Crippen MR) is 111 cm³/mol. The number of ether oxygens (including phenoxy) is 4. The van der Waals surface area contributed by atoms with Gasteiger partial charge in [-0.15, -0.1) is 0 Å². The summed E-state index contributed by atoms with van der Waals surface area (Å²) in [6.45, 7) is 5.47. The van der Waals surface area contributed by atoms with Crippen LogP contribution in [0.4, 0.5) is 0 Å². The first-order chi connectivity index (χ1) is 14.5. The van der Waals surface area contributed by atoms with Crippen LogP contribution in [0.15, 0.2) is 22.7 Å². The molecule has 8 nitrogen and oxygen atoms in total. The first-order valence-corrected chi connectivity index (χ1v) is 10.1. The van der Waals surface area contributed by atoms with Gasteiger partial charge in [-0.3, -0.25) is 4.79 Å². The molecule has 1 aliphatic rings. The van der Waals surface area contributed by atoms with Crippen LogP contribution in [0.5, 0.6) is 17.2 Å². The summed E-state index contributed by atoms with van der Waals surface area (Å²) in [6, 6.07) is 5.43. The minimum absolute atomic E-state index is 0.0721. The summed E-state index contributed by atoms with van der Waals surface area (Å²) in [7, 11) is 4.68. The Morgan fingerprint density at radius 2 is 1.87 bits per heavy atom. The zero-order valence-corrected chi connectivity index (χ0v) is 18.3. The molecule has 1 saturated heterocycles. The number of hydrogen-bond donors (Lipinski definition) is 0. The van der Waals surface area contributed by atoms with E-state index in [9.17, 15) is 4.79 Å². The van der Waals surface area contributed by atoms with Crippen LogP contribution in [-0.4, -0.2) is 56.5 Å². The second kappa shape index (κ2) is 9.84. The zero-order valence-electron chi connectivity index (χ0n) is 18.3. The number of carbonyl (C=O) groups is 1. The molecule has 2 aromatic rings. The molecule has 1 unspecified atom stereocenters. The van der Waals surface area contributed by atoms with E-state index in [1.165, 1.54) is 0 Å². The van der Waals surface area contributed by atoms with Crippen LogP contribution in [0.25, 0.3) is 11.3 Å². The van der Waals surface area contributed by atoms with E-state index >= 15 is 0 Å². The fourth-order valence-corrected chi connectivity index (χ4v) is 3.57. The summed E-state index contributed by atoms with van der Waals surface area (Å²) in [6.07, 6.45) is 2.08. The Hall–Kier alpha value is -2.74. The molecule has 2 heterocycles. The van der Waals surface area contributed by atoms with Crippen molar-refractivity contribution in [3.63, 3.8) is 0 Å². The van der Waals surface area contributed by atoms with Gasteiger partial charge in [0.15, 0.2) is 17.3 Å². The largest absolute Gasteiger partial charge is 0.493 e. The van der Waals surface area contributed by atoms with E-state index < -0.39 is 0 Å². The van der Waals surface area contributed by atoms with Gasteiger partial charge in [0, 0.05) is 30.7 Å². The standard InChI is InChI=1S/C22H30N2O6/c1-14(2)22(25)24(13-17-7-6-8-29-17)12-16-11-18(30-23-16)15-9-19(26-3)21(28-5)20(10-15)27-4/h9-11,14,17H,6-8,12-13H2,1-5H3. The Bertz CT molecular complexity index is 832. The second-order valence-corrected chi connectivity index (χ2v) is 7.61. The minimum Gasteiger partial charge on any atom is -0.493 e. The van der Waals surface area contributed by atoms with E-state index in [1.54, 1.807) is 38.4 Å². The van der Waals surface area contributed by atoms with Gasteiger partial charge in [-0.25, -0.2) is 0 Å². The zero-order chi connectivity index (χ0) is 21.7. The Kier molecular flexibility index (Phi) is 7.20. The lowest BCUT2D eigenvalue weighted by molar-refractivity contribution is -0.136. The molecule has 1 amide bonds. The van der Waals surface area contributed by atoms with Crippen molar-refractivity contribution in [1.82, 2.24) is 10.1 Å². The number of carbonyl (C=O) groups excluding carboxylic acids is 1. The van der Waals surface area contributed by atoms with Crippen molar-refractivity contribution in [2.75, 3.05) is 34.5 Å². The molecular formula is C22H30N2O6. The van der Waals surface area contributed by atoms with Crippen LogP contribution in [0.1, 0.15) is 32.4 Å². The Morgan fingerprint density at radius 3 is 2.40 bits per heavy atom. The van der Waals surface area contributed by atoms with Gasteiger partial charge in [0.05, 0.1) is 34.0 Å². The molecule has 8 heteroatoms. The number of methoxy groups -OCH3 is 3. The Morgan fingerprint density at radius 1 is 1.17 bits per heavy atom. The summed E-state index contributed by atoms with van der Waals surface area (Å²) in [5, 5.41) is 4.18. The predicted octanol–water partition coefficient (Wildman–Crippen LogP) is 3.53. The molecule has 164 valence electrons. The smallest absolute Gasteiger partial charge is 0.225 e. The van der Waals surface area contributed by atoms with E-state index in [4.69, 9.17) is 23.5 Å². The molecule has 30 heavy (non-hydrogen) atoms. The third kappa shape index (κ3) is 4.87. The molecule has 3 rings (SSSR count). The molecule has 0 N–H and O–H groups in total. The van der Waals surface area contributed by atoms with Gasteiger partial charge < -0.3 is 28.4 Å². The van der Waals surface area contributed by atoms with Crippen molar-refractivity contribution >= 4 is 5.91 Å². The number of nitrogens with zero attached hydrogens (tertiary/aromatic N) is 2. The first-order valence-electron chi connectivity index (χ1n) is 10.1. The molecule has 0 saturated carbocycles. The van der Waals surface area contributed by atoms with E-state index in [-0.39, 0.29) is 17.9 Å². The summed E-state index contributed by atoms with van der Waals surface area (Å²) < 4.78 is 27.5. The number of benzene rings is 1. The normalized spacial score (nSPS) is 16.0. The highest BCUT2D eigenvalue weighted by molar-refractivity contribution is 5.78. The first kappa shape index (κ1) is 22.0. The van der Waals surface area contributed by atoms with Crippen molar-refractivity contribution in [2.45, 2.75) is 39.3 Å². The van der Waals surface area contributed by atoms with Crippen molar-refractivity contribution < 1.29 is 28.3 Å². The lowest BCUT2D eigenvalue weighted by Crippen LogP contribution is -2.39. The van der Waals surface area contributed by atoms with E-state index in [2.05, 4.69) is 5.16 Å². The highest BCUT2D eigenvalue weighted by Gasteiger charge is 2.25. The second-order valence-electron chi connectivity index (χ2n) is 7.61. The number of amides is 1. The van der Waals surface area contributed by atoms with E-state index in [1.807, 2.05) is 19.9 Å². The van der Waals surface area contributed by atoms with Gasteiger partial charge >= 0.3 is 0 Å². The fourth-order valence-electron chi connectivity index (χ4n) is 3.57. The maximum absolute atomic E-state index is 12.7. The van der Waals surface area contributed by atoms with Gasteiger partial charge in [0.1, 0.15) is 5.69 Å². The van der Waals surface area contributed by atoms with E-state index in [0.717, 1.165) is 25.0 Å². The van der Waals surface area contributed by atoms with Crippen LogP contribution in [-0.2, 0) is 16.1 Å². The topological polar surface area (TPSA) is 83.3 Å². The SMILES string of the molecule is COc1cc(-c2cc(CN(CC3CCCO3)C(=O)C(C)C)no2)cc(OC)c1OC. The summed E-state index contributed by atoms with van der Waals surface area (Å²) in [5.74, 6) is 2.09. The molecule has 1 aromatic carbocycles. The fraction of sp³-hybridized carbons (Fsp3) is 0.545. The number of aromatic nitrogens is 1. The van der Waals surface area contributed by atoms with Crippen molar-refractivity contribution in [3.05, 3.63) is 23.9 Å².